The van der Waals surface area contributed by atoms with Gasteiger partial charge in [0.05, 0.1) is 17.9 Å². The normalized spacial score (nSPS) is 10.7. The summed E-state index contributed by atoms with van der Waals surface area (Å²) >= 11 is 0. The van der Waals surface area contributed by atoms with Crippen LogP contribution in [0.25, 0.3) is 10.9 Å². The number of benzene rings is 1. The third-order valence-electron chi connectivity index (χ3n) is 2.52. The van der Waals surface area contributed by atoms with Gasteiger partial charge in [-0.1, -0.05) is 0 Å². The molecule has 0 saturated carbocycles. The SMILES string of the molecule is Cc1cnc(C(=O)Nc2ccc3cn[nH]c3c2)o1. The van der Waals surface area contributed by atoms with Crippen molar-refractivity contribution in [3.05, 3.63) is 42.2 Å². The Hall–Kier alpha value is -2.63. The number of fused-ring (bicyclic) bond motifs is 1. The highest BCUT2D eigenvalue weighted by molar-refractivity contribution is 6.01. The van der Waals surface area contributed by atoms with Gasteiger partial charge in [-0.2, -0.15) is 5.10 Å². The first-order valence-electron chi connectivity index (χ1n) is 5.39. The number of nitrogens with zero attached hydrogens (tertiary/aromatic N) is 2. The summed E-state index contributed by atoms with van der Waals surface area (Å²) in [4.78, 5) is 15.7. The number of hydrogen-bond donors (Lipinski definition) is 2. The molecule has 90 valence electrons. The number of aryl methyl sites for hydroxylation is 1. The van der Waals surface area contributed by atoms with E-state index in [0.717, 1.165) is 10.9 Å². The molecule has 0 aliphatic heterocycles. The van der Waals surface area contributed by atoms with Gasteiger partial charge in [0.25, 0.3) is 5.89 Å². The highest BCUT2D eigenvalue weighted by Crippen LogP contribution is 2.17. The molecule has 1 amide bonds. The van der Waals surface area contributed by atoms with Crippen molar-refractivity contribution < 1.29 is 9.21 Å². The third kappa shape index (κ3) is 1.84. The number of aromatic amines is 1. The molecule has 0 aliphatic rings. The second-order valence-corrected chi connectivity index (χ2v) is 3.90. The molecule has 3 aromatic rings. The van der Waals surface area contributed by atoms with Crippen molar-refractivity contribution in [1.29, 1.82) is 0 Å². The summed E-state index contributed by atoms with van der Waals surface area (Å²) in [6.45, 7) is 1.74. The molecule has 3 rings (SSSR count). The zero-order valence-corrected chi connectivity index (χ0v) is 9.60. The summed E-state index contributed by atoms with van der Waals surface area (Å²) in [7, 11) is 0. The van der Waals surface area contributed by atoms with Gasteiger partial charge in [-0.25, -0.2) is 4.98 Å². The molecule has 0 atom stereocenters. The predicted octanol–water partition coefficient (Wildman–Crippen LogP) is 2.11. The summed E-state index contributed by atoms with van der Waals surface area (Å²) < 4.78 is 5.15. The van der Waals surface area contributed by atoms with E-state index in [1.807, 2.05) is 6.07 Å². The third-order valence-corrected chi connectivity index (χ3v) is 2.52. The number of carbonyl (C=O) groups excluding carboxylic acids is 1. The second kappa shape index (κ2) is 3.99. The van der Waals surface area contributed by atoms with Gasteiger partial charge in [0.15, 0.2) is 0 Å². The number of aromatic nitrogens is 3. The van der Waals surface area contributed by atoms with E-state index in [-0.39, 0.29) is 11.8 Å². The van der Waals surface area contributed by atoms with Gasteiger partial charge in [0.2, 0.25) is 0 Å². The molecule has 2 aromatic heterocycles. The maximum atomic E-state index is 11.8. The van der Waals surface area contributed by atoms with Gasteiger partial charge in [-0.3, -0.25) is 9.89 Å². The molecular formula is C12H10N4O2. The van der Waals surface area contributed by atoms with Crippen LogP contribution in [-0.4, -0.2) is 21.1 Å². The molecule has 0 fully saturated rings. The van der Waals surface area contributed by atoms with Crippen LogP contribution in [0.4, 0.5) is 5.69 Å². The monoisotopic (exact) mass is 242 g/mol. The molecule has 0 bridgehead atoms. The Labute approximate surface area is 102 Å². The number of oxazole rings is 1. The second-order valence-electron chi connectivity index (χ2n) is 3.90. The van der Waals surface area contributed by atoms with Crippen molar-refractivity contribution in [3.8, 4) is 0 Å². The van der Waals surface area contributed by atoms with E-state index in [0.29, 0.717) is 11.4 Å². The quantitative estimate of drug-likeness (QED) is 0.720. The zero-order valence-electron chi connectivity index (χ0n) is 9.60. The van der Waals surface area contributed by atoms with Crippen LogP contribution in [0, 0.1) is 6.92 Å². The summed E-state index contributed by atoms with van der Waals surface area (Å²) in [5.74, 6) is 0.281. The summed E-state index contributed by atoms with van der Waals surface area (Å²) in [6, 6.07) is 5.47. The van der Waals surface area contributed by atoms with Crippen molar-refractivity contribution in [3.63, 3.8) is 0 Å². The smallest absolute Gasteiger partial charge is 0.311 e. The lowest BCUT2D eigenvalue weighted by Crippen LogP contribution is -2.12. The Morgan fingerprint density at radius 2 is 2.28 bits per heavy atom. The van der Waals surface area contributed by atoms with Gasteiger partial charge in [-0.05, 0) is 25.1 Å². The van der Waals surface area contributed by atoms with Crippen molar-refractivity contribution in [2.24, 2.45) is 0 Å². The molecule has 6 heteroatoms. The Balaban J connectivity index is 1.85. The van der Waals surface area contributed by atoms with E-state index in [1.165, 1.54) is 6.20 Å². The minimum atomic E-state index is -0.373. The molecule has 18 heavy (non-hydrogen) atoms. The van der Waals surface area contributed by atoms with Gasteiger partial charge >= 0.3 is 5.91 Å². The van der Waals surface area contributed by atoms with E-state index in [1.54, 1.807) is 25.3 Å². The molecule has 0 unspecified atom stereocenters. The van der Waals surface area contributed by atoms with Crippen molar-refractivity contribution in [2.45, 2.75) is 6.92 Å². The molecule has 0 radical (unpaired) electrons. The lowest BCUT2D eigenvalue weighted by Gasteiger charge is -2.02. The van der Waals surface area contributed by atoms with Gasteiger partial charge in [0.1, 0.15) is 5.76 Å². The number of amides is 1. The van der Waals surface area contributed by atoms with Crippen LogP contribution in [0.1, 0.15) is 16.4 Å². The van der Waals surface area contributed by atoms with Crippen LogP contribution in [0.3, 0.4) is 0 Å². The predicted molar refractivity (Wildman–Crippen MR) is 65.3 cm³/mol. The van der Waals surface area contributed by atoms with Crippen LogP contribution >= 0.6 is 0 Å². The van der Waals surface area contributed by atoms with Crippen LogP contribution in [0.15, 0.2) is 35.0 Å². The molecule has 0 saturated heterocycles. The molecular weight excluding hydrogens is 232 g/mol. The van der Waals surface area contributed by atoms with E-state index in [9.17, 15) is 4.79 Å². The Morgan fingerprint density at radius 1 is 1.39 bits per heavy atom. The van der Waals surface area contributed by atoms with Gasteiger partial charge in [-0.15, -0.1) is 0 Å². The number of nitrogens with one attached hydrogen (secondary N) is 2. The number of H-pyrrole nitrogens is 1. The standard InChI is InChI=1S/C12H10N4O2/c1-7-5-13-12(18-7)11(17)15-9-3-2-8-6-14-16-10(8)4-9/h2-6H,1H3,(H,14,16)(H,15,17). The first-order chi connectivity index (χ1) is 8.72. The molecule has 2 heterocycles. The van der Waals surface area contributed by atoms with E-state index < -0.39 is 0 Å². The average molecular weight is 242 g/mol. The van der Waals surface area contributed by atoms with Gasteiger partial charge in [0, 0.05) is 11.1 Å². The first-order valence-corrected chi connectivity index (χ1v) is 5.39. The van der Waals surface area contributed by atoms with Crippen LogP contribution in [0.2, 0.25) is 0 Å². The van der Waals surface area contributed by atoms with Crippen LogP contribution < -0.4 is 5.32 Å². The highest BCUT2D eigenvalue weighted by Gasteiger charge is 2.12. The maximum absolute atomic E-state index is 11.8. The van der Waals surface area contributed by atoms with Crippen molar-refractivity contribution in [1.82, 2.24) is 15.2 Å². The van der Waals surface area contributed by atoms with E-state index in [4.69, 9.17) is 4.42 Å². The minimum Gasteiger partial charge on any atom is -0.438 e. The van der Waals surface area contributed by atoms with Gasteiger partial charge < -0.3 is 9.73 Å². The Morgan fingerprint density at radius 3 is 3.06 bits per heavy atom. The fraction of sp³-hybridized carbons (Fsp3) is 0.0833. The molecule has 1 aromatic carbocycles. The van der Waals surface area contributed by atoms with E-state index in [2.05, 4.69) is 20.5 Å². The van der Waals surface area contributed by atoms with Crippen LogP contribution in [0.5, 0.6) is 0 Å². The zero-order chi connectivity index (χ0) is 12.5. The Kier molecular flexibility index (Phi) is 2.33. The maximum Gasteiger partial charge on any atom is 0.311 e. The fourth-order valence-electron chi connectivity index (χ4n) is 1.66. The lowest BCUT2D eigenvalue weighted by molar-refractivity contribution is 0.0989. The summed E-state index contributed by atoms with van der Waals surface area (Å²) in [5.41, 5.74) is 1.52. The molecule has 0 spiro atoms. The summed E-state index contributed by atoms with van der Waals surface area (Å²) in [5, 5.41) is 10.4. The Bertz CT molecular complexity index is 714. The average Bonchev–Trinajstić information content (AvgIpc) is 2.96. The number of anilines is 1. The van der Waals surface area contributed by atoms with Crippen molar-refractivity contribution >= 4 is 22.5 Å². The molecule has 0 aliphatic carbocycles. The molecule has 6 nitrogen and oxygen atoms in total. The number of carbonyl (C=O) groups is 1. The molecule has 2 N–H and O–H groups in total. The number of hydrogen-bond acceptors (Lipinski definition) is 4. The summed E-state index contributed by atoms with van der Waals surface area (Å²) in [6.07, 6.45) is 3.23. The minimum absolute atomic E-state index is 0.0530. The van der Waals surface area contributed by atoms with E-state index >= 15 is 0 Å². The number of rotatable bonds is 2. The topological polar surface area (TPSA) is 83.8 Å². The van der Waals surface area contributed by atoms with Crippen molar-refractivity contribution in [2.75, 3.05) is 5.32 Å². The van der Waals surface area contributed by atoms with Crippen LogP contribution in [-0.2, 0) is 0 Å². The lowest BCUT2D eigenvalue weighted by atomic mass is 10.2. The fourth-order valence-corrected chi connectivity index (χ4v) is 1.66. The highest BCUT2D eigenvalue weighted by atomic mass is 16.4. The largest absolute Gasteiger partial charge is 0.438 e. The first kappa shape index (κ1) is 10.5.